The second-order valence-corrected chi connectivity index (χ2v) is 7.75. The molecule has 0 saturated heterocycles. The van der Waals surface area contributed by atoms with Crippen molar-refractivity contribution in [3.05, 3.63) is 70.2 Å². The van der Waals surface area contributed by atoms with Crippen molar-refractivity contribution in [3.8, 4) is 11.3 Å². The molecular weight excluding hydrogens is 414 g/mol. The van der Waals surface area contributed by atoms with Crippen LogP contribution in [0.15, 0.2) is 48.5 Å². The number of halogens is 1. The van der Waals surface area contributed by atoms with E-state index in [0.717, 1.165) is 23.1 Å². The van der Waals surface area contributed by atoms with Crippen LogP contribution in [0.5, 0.6) is 0 Å². The highest BCUT2D eigenvalue weighted by Gasteiger charge is 2.10. The Balaban J connectivity index is 1.62. The topological polar surface area (TPSA) is 113 Å². The van der Waals surface area contributed by atoms with Crippen LogP contribution in [0.4, 0.5) is 11.8 Å². The van der Waals surface area contributed by atoms with Gasteiger partial charge in [0.05, 0.1) is 12.3 Å². The fourth-order valence-corrected chi connectivity index (χ4v) is 3.26. The van der Waals surface area contributed by atoms with E-state index in [-0.39, 0.29) is 24.5 Å². The van der Waals surface area contributed by atoms with Gasteiger partial charge in [-0.05, 0) is 49.6 Å². The van der Waals surface area contributed by atoms with Crippen molar-refractivity contribution in [3.63, 3.8) is 0 Å². The van der Waals surface area contributed by atoms with E-state index in [1.807, 2.05) is 43.3 Å². The van der Waals surface area contributed by atoms with E-state index >= 15 is 0 Å². The van der Waals surface area contributed by atoms with E-state index in [0.29, 0.717) is 28.6 Å². The van der Waals surface area contributed by atoms with Crippen molar-refractivity contribution in [2.75, 3.05) is 24.2 Å². The summed E-state index contributed by atoms with van der Waals surface area (Å²) in [5, 5.41) is 15.7. The Kier molecular flexibility index (Phi) is 7.44. The Morgan fingerprint density at radius 3 is 2.65 bits per heavy atom. The molecule has 0 fully saturated rings. The highest BCUT2D eigenvalue weighted by molar-refractivity contribution is 6.31. The predicted octanol–water partition coefficient (Wildman–Crippen LogP) is 3.45. The summed E-state index contributed by atoms with van der Waals surface area (Å²) in [5.74, 6) is 0.620. The van der Waals surface area contributed by atoms with Gasteiger partial charge in [0.15, 0.2) is 0 Å². The molecule has 31 heavy (non-hydrogen) atoms. The number of anilines is 2. The molecule has 5 N–H and O–H groups in total. The number of aromatic nitrogens is 2. The minimum atomic E-state index is -0.280. The quantitative estimate of drug-likeness (QED) is 0.427. The summed E-state index contributed by atoms with van der Waals surface area (Å²) < 4.78 is 0. The summed E-state index contributed by atoms with van der Waals surface area (Å²) in [5.41, 5.74) is 10.1. The third-order valence-corrected chi connectivity index (χ3v) is 5.28. The van der Waals surface area contributed by atoms with Crippen LogP contribution in [0.2, 0.25) is 5.02 Å². The van der Waals surface area contributed by atoms with Gasteiger partial charge >= 0.3 is 0 Å². The number of amides is 1. The molecule has 0 spiro atoms. The number of aliphatic hydroxyl groups is 1. The number of carbonyl (C=O) groups is 1. The van der Waals surface area contributed by atoms with Gasteiger partial charge in [-0.3, -0.25) is 4.79 Å². The number of nitrogens with one attached hydrogen (secondary N) is 2. The highest BCUT2D eigenvalue weighted by atomic mass is 35.5. The SMILES string of the molecule is Cc1c(Cl)cccc1-c1cc(NCCc2ccc(C(=O)NC(C)CO)cc2)nc(N)n1. The van der Waals surface area contributed by atoms with Gasteiger partial charge in [0.1, 0.15) is 5.82 Å². The van der Waals surface area contributed by atoms with Gasteiger partial charge in [0.2, 0.25) is 5.95 Å². The van der Waals surface area contributed by atoms with Gasteiger partial charge in [0, 0.05) is 34.8 Å². The number of hydrogen-bond acceptors (Lipinski definition) is 6. The molecule has 1 atom stereocenters. The number of nitrogens with zero attached hydrogens (tertiary/aromatic N) is 2. The molecule has 1 unspecified atom stereocenters. The molecule has 1 aromatic heterocycles. The maximum absolute atomic E-state index is 12.1. The Labute approximate surface area is 186 Å². The first-order chi connectivity index (χ1) is 14.9. The lowest BCUT2D eigenvalue weighted by Crippen LogP contribution is -2.34. The maximum atomic E-state index is 12.1. The van der Waals surface area contributed by atoms with Crippen molar-refractivity contribution in [2.45, 2.75) is 26.3 Å². The Morgan fingerprint density at radius 1 is 1.19 bits per heavy atom. The third kappa shape index (κ3) is 5.93. The van der Waals surface area contributed by atoms with Gasteiger partial charge in [0.25, 0.3) is 5.91 Å². The maximum Gasteiger partial charge on any atom is 0.251 e. The molecule has 7 nitrogen and oxygen atoms in total. The van der Waals surface area contributed by atoms with Crippen LogP contribution < -0.4 is 16.4 Å². The van der Waals surface area contributed by atoms with Crippen LogP contribution in [0.1, 0.15) is 28.4 Å². The summed E-state index contributed by atoms with van der Waals surface area (Å²) >= 11 is 6.23. The molecule has 0 aliphatic rings. The number of hydrogen-bond donors (Lipinski definition) is 4. The molecule has 3 aromatic rings. The molecule has 0 radical (unpaired) electrons. The van der Waals surface area contributed by atoms with Gasteiger partial charge < -0.3 is 21.5 Å². The lowest BCUT2D eigenvalue weighted by atomic mass is 10.1. The van der Waals surface area contributed by atoms with E-state index in [9.17, 15) is 4.79 Å². The largest absolute Gasteiger partial charge is 0.394 e. The molecule has 2 aromatic carbocycles. The summed E-state index contributed by atoms with van der Waals surface area (Å²) in [6.45, 7) is 4.23. The molecule has 0 saturated carbocycles. The number of carbonyl (C=O) groups excluding carboxylic acids is 1. The molecule has 162 valence electrons. The molecule has 3 rings (SSSR count). The monoisotopic (exact) mass is 439 g/mol. The Hall–Kier alpha value is -3.16. The molecule has 1 amide bonds. The van der Waals surface area contributed by atoms with Crippen LogP contribution in [0.3, 0.4) is 0 Å². The van der Waals surface area contributed by atoms with E-state index in [1.54, 1.807) is 19.1 Å². The second kappa shape index (κ2) is 10.2. The van der Waals surface area contributed by atoms with Crippen LogP contribution in [0.25, 0.3) is 11.3 Å². The molecular formula is C23H26ClN5O2. The molecule has 0 bridgehead atoms. The molecule has 0 aliphatic heterocycles. The average molecular weight is 440 g/mol. The van der Waals surface area contributed by atoms with Crippen molar-refractivity contribution in [1.29, 1.82) is 0 Å². The first-order valence-corrected chi connectivity index (χ1v) is 10.4. The van der Waals surface area contributed by atoms with Crippen molar-refractivity contribution >= 4 is 29.3 Å². The van der Waals surface area contributed by atoms with Crippen molar-refractivity contribution in [2.24, 2.45) is 0 Å². The molecule has 8 heteroatoms. The first-order valence-electron chi connectivity index (χ1n) is 10.0. The van der Waals surface area contributed by atoms with Crippen LogP contribution >= 0.6 is 11.6 Å². The zero-order chi connectivity index (χ0) is 22.4. The number of rotatable bonds is 8. The molecule has 1 heterocycles. The minimum Gasteiger partial charge on any atom is -0.394 e. The first kappa shape index (κ1) is 22.5. The Morgan fingerprint density at radius 2 is 1.94 bits per heavy atom. The van der Waals surface area contributed by atoms with E-state index in [4.69, 9.17) is 22.4 Å². The van der Waals surface area contributed by atoms with Gasteiger partial charge in [-0.25, -0.2) is 4.98 Å². The van der Waals surface area contributed by atoms with Crippen molar-refractivity contribution < 1.29 is 9.90 Å². The number of benzene rings is 2. The zero-order valence-corrected chi connectivity index (χ0v) is 18.3. The number of aliphatic hydroxyl groups excluding tert-OH is 1. The summed E-state index contributed by atoms with van der Waals surface area (Å²) in [4.78, 5) is 20.7. The van der Waals surface area contributed by atoms with Gasteiger partial charge in [-0.1, -0.05) is 35.9 Å². The predicted molar refractivity (Wildman–Crippen MR) is 124 cm³/mol. The van der Waals surface area contributed by atoms with Crippen LogP contribution in [0, 0.1) is 6.92 Å². The van der Waals surface area contributed by atoms with Gasteiger partial charge in [-0.2, -0.15) is 4.98 Å². The summed E-state index contributed by atoms with van der Waals surface area (Å²) in [7, 11) is 0. The summed E-state index contributed by atoms with van der Waals surface area (Å²) in [6.07, 6.45) is 0.740. The van der Waals surface area contributed by atoms with Crippen molar-refractivity contribution in [1.82, 2.24) is 15.3 Å². The summed E-state index contributed by atoms with van der Waals surface area (Å²) in [6, 6.07) is 14.6. The number of nitrogens with two attached hydrogens (primary N) is 1. The second-order valence-electron chi connectivity index (χ2n) is 7.34. The highest BCUT2D eigenvalue weighted by Crippen LogP contribution is 2.28. The smallest absolute Gasteiger partial charge is 0.251 e. The lowest BCUT2D eigenvalue weighted by molar-refractivity contribution is 0.0922. The fourth-order valence-electron chi connectivity index (χ4n) is 3.09. The number of nitrogen functional groups attached to an aromatic ring is 1. The van der Waals surface area contributed by atoms with Crippen LogP contribution in [-0.4, -0.2) is 40.2 Å². The zero-order valence-electron chi connectivity index (χ0n) is 17.5. The third-order valence-electron chi connectivity index (χ3n) is 4.87. The van der Waals surface area contributed by atoms with E-state index in [1.165, 1.54) is 0 Å². The van der Waals surface area contributed by atoms with E-state index in [2.05, 4.69) is 20.6 Å². The van der Waals surface area contributed by atoms with Gasteiger partial charge in [-0.15, -0.1) is 0 Å². The minimum absolute atomic E-state index is 0.0956. The van der Waals surface area contributed by atoms with E-state index < -0.39 is 0 Å². The van der Waals surface area contributed by atoms with Crippen LogP contribution in [-0.2, 0) is 6.42 Å². The fraction of sp³-hybridized carbons (Fsp3) is 0.261. The standard InChI is InChI=1S/C23H26ClN5O2/c1-14(13-30)27-22(31)17-8-6-16(7-9-17)10-11-26-21-12-20(28-23(25)29-21)18-4-3-5-19(24)15(18)2/h3-9,12,14,30H,10-11,13H2,1-2H3,(H,27,31)(H3,25,26,28,29). The normalized spacial score (nSPS) is 11.7. The average Bonchev–Trinajstić information content (AvgIpc) is 2.75. The molecule has 0 aliphatic carbocycles. The lowest BCUT2D eigenvalue weighted by Gasteiger charge is -2.12. The Bertz CT molecular complexity index is 1060.